The number of nitrogens with zero attached hydrogens (tertiary/aromatic N) is 10. The van der Waals surface area contributed by atoms with Crippen LogP contribution in [0, 0.1) is 0 Å². The Morgan fingerprint density at radius 2 is 0.509 bits per heavy atom. The third-order valence-electron chi connectivity index (χ3n) is 9.45. The lowest BCUT2D eigenvalue weighted by molar-refractivity contribution is -0.147. The molecule has 21 heteroatoms. The van der Waals surface area contributed by atoms with Gasteiger partial charge in [-0.2, -0.15) is 0 Å². The fourth-order valence-corrected chi connectivity index (χ4v) is 4.66. The molecule has 0 aromatic heterocycles. The second-order valence-corrected chi connectivity index (χ2v) is 14.5. The van der Waals surface area contributed by atoms with Gasteiger partial charge in [0, 0.05) is 69.0 Å². The third kappa shape index (κ3) is 15.9. The molecule has 1 aliphatic rings. The van der Waals surface area contributed by atoms with E-state index in [1.54, 1.807) is 0 Å². The molecule has 55 heavy (non-hydrogen) atoms. The highest BCUT2D eigenvalue weighted by molar-refractivity contribution is 5.93. The van der Waals surface area contributed by atoms with Crippen molar-refractivity contribution < 1.29 is 53.1 Å². The SMILES string of the molecule is CN(CC(=O)O)C(=O)CN(C)C(=O)CN(C)C(=O)CN(C)C(=O)CN(C)C(=O)CN(C)C(=O)CN(C)C(=O)CN(C)C(=O)CN(C)C(=O)CN(C)C1(C)CC1. The van der Waals surface area contributed by atoms with E-state index < -0.39 is 99.0 Å². The zero-order chi connectivity index (χ0) is 42.5. The summed E-state index contributed by atoms with van der Waals surface area (Å²) in [4.78, 5) is 136. The smallest absolute Gasteiger partial charge is 0.323 e. The Morgan fingerprint density at radius 1 is 0.345 bits per heavy atom. The van der Waals surface area contributed by atoms with Gasteiger partial charge in [0.1, 0.15) is 6.54 Å². The van der Waals surface area contributed by atoms with Crippen LogP contribution in [0.15, 0.2) is 0 Å². The third-order valence-corrected chi connectivity index (χ3v) is 9.45. The van der Waals surface area contributed by atoms with Gasteiger partial charge >= 0.3 is 5.97 Å². The van der Waals surface area contributed by atoms with Gasteiger partial charge in [-0.1, -0.05) is 0 Å². The maximum Gasteiger partial charge on any atom is 0.323 e. The lowest BCUT2D eigenvalue weighted by Gasteiger charge is -2.28. The van der Waals surface area contributed by atoms with Crippen molar-refractivity contribution in [2.45, 2.75) is 25.3 Å². The molecule has 9 amide bonds. The van der Waals surface area contributed by atoms with E-state index in [9.17, 15) is 47.9 Å². The Balaban J connectivity index is 2.52. The normalized spacial score (nSPS) is 12.5. The first-order chi connectivity index (χ1) is 25.3. The van der Waals surface area contributed by atoms with Crippen LogP contribution in [0.5, 0.6) is 0 Å². The first-order valence-corrected chi connectivity index (χ1v) is 17.4. The van der Waals surface area contributed by atoms with Gasteiger partial charge in [0.05, 0.1) is 58.9 Å². The van der Waals surface area contributed by atoms with Gasteiger partial charge in [-0.15, -0.1) is 0 Å². The summed E-state index contributed by atoms with van der Waals surface area (Å²) in [7, 11) is 14.1. The van der Waals surface area contributed by atoms with Crippen LogP contribution in [0.4, 0.5) is 0 Å². The summed E-state index contributed by atoms with van der Waals surface area (Å²) in [6.45, 7) is -1.37. The molecule has 0 atom stereocenters. The van der Waals surface area contributed by atoms with E-state index in [0.29, 0.717) is 0 Å². The Labute approximate surface area is 322 Å². The van der Waals surface area contributed by atoms with E-state index in [2.05, 4.69) is 6.92 Å². The van der Waals surface area contributed by atoms with Gasteiger partial charge in [0.25, 0.3) is 0 Å². The second-order valence-electron chi connectivity index (χ2n) is 14.5. The average molecular weight is 783 g/mol. The van der Waals surface area contributed by atoms with Crippen LogP contribution in [0.1, 0.15) is 19.8 Å². The number of aliphatic carboxylic acids is 1. The average Bonchev–Trinajstić information content (AvgIpc) is 3.85. The van der Waals surface area contributed by atoms with Crippen molar-refractivity contribution in [2.75, 3.05) is 136 Å². The van der Waals surface area contributed by atoms with Gasteiger partial charge < -0.3 is 49.2 Å². The van der Waals surface area contributed by atoms with Crippen molar-refractivity contribution in [1.82, 2.24) is 49.0 Å². The molecule has 1 fully saturated rings. The van der Waals surface area contributed by atoms with Crippen LogP contribution >= 0.6 is 0 Å². The number of carboxylic acid groups (broad SMARTS) is 1. The number of rotatable bonds is 21. The van der Waals surface area contributed by atoms with Crippen molar-refractivity contribution in [3.63, 3.8) is 0 Å². The van der Waals surface area contributed by atoms with E-state index in [1.807, 2.05) is 11.9 Å². The van der Waals surface area contributed by atoms with E-state index in [1.165, 1.54) is 68.3 Å². The Kier molecular flexibility index (Phi) is 18.1. The molecular formula is C34H58N10O11. The van der Waals surface area contributed by atoms with Gasteiger partial charge in [0.15, 0.2) is 0 Å². The van der Waals surface area contributed by atoms with Gasteiger partial charge in [-0.3, -0.25) is 52.8 Å². The second kappa shape index (κ2) is 20.9. The molecule has 0 spiro atoms. The van der Waals surface area contributed by atoms with E-state index in [0.717, 1.165) is 52.0 Å². The zero-order valence-corrected chi connectivity index (χ0v) is 34.0. The fraction of sp³-hybridized carbons (Fsp3) is 0.706. The van der Waals surface area contributed by atoms with Crippen LogP contribution in [0.2, 0.25) is 0 Å². The molecule has 0 aliphatic heterocycles. The highest BCUT2D eigenvalue weighted by Gasteiger charge is 2.42. The molecule has 0 aromatic rings. The van der Waals surface area contributed by atoms with E-state index in [4.69, 9.17) is 5.11 Å². The monoisotopic (exact) mass is 782 g/mol. The highest BCUT2D eigenvalue weighted by atomic mass is 16.4. The largest absolute Gasteiger partial charge is 0.480 e. The van der Waals surface area contributed by atoms with Crippen LogP contribution in [0.25, 0.3) is 0 Å². The first kappa shape index (κ1) is 47.7. The van der Waals surface area contributed by atoms with E-state index >= 15 is 0 Å². The van der Waals surface area contributed by atoms with Gasteiger partial charge in [-0.05, 0) is 26.8 Å². The molecular weight excluding hydrogens is 724 g/mol. The van der Waals surface area contributed by atoms with Crippen LogP contribution < -0.4 is 0 Å². The molecule has 310 valence electrons. The summed E-state index contributed by atoms with van der Waals surface area (Å²) in [6.07, 6.45) is 2.01. The van der Waals surface area contributed by atoms with Crippen molar-refractivity contribution in [1.29, 1.82) is 0 Å². The fourth-order valence-electron chi connectivity index (χ4n) is 4.66. The quantitative estimate of drug-likeness (QED) is 0.117. The maximum absolute atomic E-state index is 12.8. The maximum atomic E-state index is 12.8. The van der Waals surface area contributed by atoms with Crippen molar-refractivity contribution >= 4 is 59.1 Å². The molecule has 21 nitrogen and oxygen atoms in total. The molecule has 1 saturated carbocycles. The van der Waals surface area contributed by atoms with Gasteiger partial charge in [-0.25, -0.2) is 0 Å². The lowest BCUT2D eigenvalue weighted by Crippen LogP contribution is -2.49. The number of carboxylic acids is 1. The summed E-state index contributed by atoms with van der Waals surface area (Å²) < 4.78 is 0. The summed E-state index contributed by atoms with van der Waals surface area (Å²) in [5.74, 6) is -6.05. The number of likely N-dealkylation sites (N-methyl/N-ethyl adjacent to an activating group) is 10. The number of amides is 9. The van der Waals surface area contributed by atoms with Crippen LogP contribution in [-0.2, 0) is 47.9 Å². The molecule has 1 aliphatic carbocycles. The van der Waals surface area contributed by atoms with Crippen molar-refractivity contribution in [3.05, 3.63) is 0 Å². The molecule has 1 rings (SSSR count). The number of hydrogen-bond donors (Lipinski definition) is 1. The predicted octanol–water partition coefficient (Wildman–Crippen LogP) is -4.32. The summed E-state index contributed by atoms with van der Waals surface area (Å²) in [6, 6.07) is 0. The zero-order valence-electron chi connectivity index (χ0n) is 34.0. The topological polar surface area (TPSA) is 223 Å². The Bertz CT molecular complexity index is 1490. The molecule has 0 heterocycles. The Hall–Kier alpha value is -5.34. The first-order valence-electron chi connectivity index (χ1n) is 17.4. The minimum atomic E-state index is -1.21. The molecule has 0 aromatic carbocycles. The van der Waals surface area contributed by atoms with Crippen molar-refractivity contribution in [2.24, 2.45) is 0 Å². The van der Waals surface area contributed by atoms with Gasteiger partial charge in [0.2, 0.25) is 53.2 Å². The summed E-state index contributed by atoms with van der Waals surface area (Å²) >= 11 is 0. The minimum absolute atomic E-state index is 0.00428. The Morgan fingerprint density at radius 3 is 0.673 bits per heavy atom. The molecule has 1 N–H and O–H groups in total. The highest BCUT2D eigenvalue weighted by Crippen LogP contribution is 2.39. The van der Waals surface area contributed by atoms with E-state index in [-0.39, 0.29) is 31.1 Å². The van der Waals surface area contributed by atoms with Crippen molar-refractivity contribution in [3.8, 4) is 0 Å². The van der Waals surface area contributed by atoms with Crippen LogP contribution in [-0.4, -0.2) is 255 Å². The van der Waals surface area contributed by atoms with Crippen LogP contribution in [0.3, 0.4) is 0 Å². The summed E-state index contributed by atoms with van der Waals surface area (Å²) in [5.41, 5.74) is 0.00428. The molecule has 0 radical (unpaired) electrons. The molecule has 0 unspecified atom stereocenters. The summed E-state index contributed by atoms with van der Waals surface area (Å²) in [5, 5.41) is 8.82. The molecule has 0 saturated heterocycles. The standard InChI is InChI=1S/C34H58N10O11/c1-34(12-13-34)44(11)22-32(53)42(9)20-30(51)40(7)18-28(49)38(5)16-26(47)36(3)14-24(45)35(2)15-25(46)37(4)17-27(48)39(6)19-29(50)41(8)21-31(52)43(10)23-33(54)55/h12-23H2,1-11H3,(H,54,55). The number of hydrogen-bond acceptors (Lipinski definition) is 11. The lowest BCUT2D eigenvalue weighted by atomic mass is 10.2. The number of carbonyl (C=O) groups is 10. The minimum Gasteiger partial charge on any atom is -0.480 e. The number of carbonyl (C=O) groups excluding carboxylic acids is 9. The predicted molar refractivity (Wildman–Crippen MR) is 197 cm³/mol. The molecule has 0 bridgehead atoms.